The van der Waals surface area contributed by atoms with Gasteiger partial charge in [-0.15, -0.1) is 0 Å². The Balaban J connectivity index is 2.09. The van der Waals surface area contributed by atoms with Crippen LogP contribution in [0.15, 0.2) is 24.3 Å². The molecule has 74 valence electrons. The highest BCUT2D eigenvalue weighted by Gasteiger charge is 2.47. The molecule has 2 rings (SSSR count). The fraction of sp³-hybridized carbons (Fsp3) is 0.364. The second-order valence-electron chi connectivity index (χ2n) is 3.41. The molecule has 0 unspecified atom stereocenters. The van der Waals surface area contributed by atoms with Gasteiger partial charge in [0.05, 0.1) is 7.11 Å². The summed E-state index contributed by atoms with van der Waals surface area (Å²) in [7, 11) is 1.37. The van der Waals surface area contributed by atoms with Crippen molar-refractivity contribution < 1.29 is 14.3 Å². The lowest BCUT2D eigenvalue weighted by atomic mass is 10.1. The highest BCUT2D eigenvalue weighted by atomic mass is 16.6. The van der Waals surface area contributed by atoms with E-state index in [0.29, 0.717) is 0 Å². The van der Waals surface area contributed by atoms with Crippen LogP contribution in [0, 0.1) is 6.92 Å². The number of epoxide rings is 1. The van der Waals surface area contributed by atoms with Crippen molar-refractivity contribution in [1.82, 2.24) is 0 Å². The van der Waals surface area contributed by atoms with Crippen LogP contribution in [0.2, 0.25) is 0 Å². The smallest absolute Gasteiger partial charge is 0.338 e. The van der Waals surface area contributed by atoms with E-state index < -0.39 is 6.10 Å². The lowest BCUT2D eigenvalue weighted by Gasteiger charge is -1.97. The predicted molar refractivity (Wildman–Crippen MR) is 50.8 cm³/mol. The summed E-state index contributed by atoms with van der Waals surface area (Å²) in [6, 6.07) is 7.95. The zero-order chi connectivity index (χ0) is 10.1. The first-order valence-electron chi connectivity index (χ1n) is 4.52. The minimum Gasteiger partial charge on any atom is -0.467 e. The van der Waals surface area contributed by atoms with Crippen molar-refractivity contribution in [3.63, 3.8) is 0 Å². The first-order valence-corrected chi connectivity index (χ1v) is 4.52. The van der Waals surface area contributed by atoms with E-state index in [4.69, 9.17) is 4.74 Å². The van der Waals surface area contributed by atoms with E-state index in [0.717, 1.165) is 5.56 Å². The second-order valence-corrected chi connectivity index (χ2v) is 3.41. The van der Waals surface area contributed by atoms with Crippen LogP contribution in [-0.2, 0) is 14.3 Å². The molecule has 3 nitrogen and oxygen atoms in total. The molecule has 2 atom stereocenters. The molecule has 0 saturated carbocycles. The molecule has 14 heavy (non-hydrogen) atoms. The van der Waals surface area contributed by atoms with Gasteiger partial charge in [-0.2, -0.15) is 0 Å². The van der Waals surface area contributed by atoms with Crippen molar-refractivity contribution in [2.24, 2.45) is 0 Å². The molecule has 1 saturated heterocycles. The summed E-state index contributed by atoms with van der Waals surface area (Å²) in [5, 5.41) is 0. The van der Waals surface area contributed by atoms with Gasteiger partial charge in [-0.1, -0.05) is 29.8 Å². The van der Waals surface area contributed by atoms with Crippen LogP contribution in [0.25, 0.3) is 0 Å². The monoisotopic (exact) mass is 192 g/mol. The Morgan fingerprint density at radius 1 is 1.50 bits per heavy atom. The van der Waals surface area contributed by atoms with Gasteiger partial charge in [-0.25, -0.2) is 4.79 Å². The number of rotatable bonds is 2. The van der Waals surface area contributed by atoms with Gasteiger partial charge in [0.1, 0.15) is 6.10 Å². The Bertz CT molecular complexity index is 359. The predicted octanol–water partition coefficient (Wildman–Crippen LogP) is 1.61. The van der Waals surface area contributed by atoms with Gasteiger partial charge in [0.15, 0.2) is 6.10 Å². The third-order valence-corrected chi connectivity index (χ3v) is 2.30. The molecule has 0 aliphatic carbocycles. The SMILES string of the molecule is COC(=O)[C@H]1O[C@@H]1c1cccc(C)c1. The Kier molecular flexibility index (Phi) is 2.25. The van der Waals surface area contributed by atoms with Crippen molar-refractivity contribution in [1.29, 1.82) is 0 Å². The molecule has 1 aromatic rings. The number of esters is 1. The Morgan fingerprint density at radius 2 is 2.29 bits per heavy atom. The van der Waals surface area contributed by atoms with Crippen molar-refractivity contribution in [3.8, 4) is 0 Å². The fourth-order valence-electron chi connectivity index (χ4n) is 1.51. The molecule has 1 heterocycles. The summed E-state index contributed by atoms with van der Waals surface area (Å²) in [6.07, 6.45) is -0.510. The first-order chi connectivity index (χ1) is 6.72. The number of benzene rings is 1. The summed E-state index contributed by atoms with van der Waals surface area (Å²) in [6.45, 7) is 2.01. The van der Waals surface area contributed by atoms with E-state index in [2.05, 4.69) is 4.74 Å². The summed E-state index contributed by atoms with van der Waals surface area (Å²) in [4.78, 5) is 11.1. The van der Waals surface area contributed by atoms with E-state index in [1.807, 2.05) is 31.2 Å². The van der Waals surface area contributed by atoms with E-state index in [9.17, 15) is 4.79 Å². The van der Waals surface area contributed by atoms with Crippen LogP contribution in [0.3, 0.4) is 0 Å². The Hall–Kier alpha value is -1.35. The van der Waals surface area contributed by atoms with Gasteiger partial charge in [0, 0.05) is 0 Å². The van der Waals surface area contributed by atoms with E-state index in [-0.39, 0.29) is 12.1 Å². The summed E-state index contributed by atoms with van der Waals surface area (Å²) < 4.78 is 9.83. The summed E-state index contributed by atoms with van der Waals surface area (Å²) in [5.74, 6) is -0.295. The average Bonchev–Trinajstić information content (AvgIpc) is 2.96. The fourth-order valence-corrected chi connectivity index (χ4v) is 1.51. The lowest BCUT2D eigenvalue weighted by Crippen LogP contribution is -2.09. The molecule has 0 aromatic heterocycles. The molecule has 0 amide bonds. The number of hydrogen-bond acceptors (Lipinski definition) is 3. The third-order valence-electron chi connectivity index (χ3n) is 2.30. The molecule has 3 heteroatoms. The van der Waals surface area contributed by atoms with Gasteiger partial charge < -0.3 is 9.47 Å². The van der Waals surface area contributed by atoms with Crippen LogP contribution < -0.4 is 0 Å². The molecule has 1 aromatic carbocycles. The van der Waals surface area contributed by atoms with Crippen molar-refractivity contribution in [2.75, 3.05) is 7.11 Å². The normalized spacial score (nSPS) is 24.4. The molecule has 0 bridgehead atoms. The van der Waals surface area contributed by atoms with Crippen LogP contribution in [0.5, 0.6) is 0 Å². The number of aryl methyl sites for hydroxylation is 1. The number of ether oxygens (including phenoxy) is 2. The number of methoxy groups -OCH3 is 1. The molecule has 0 radical (unpaired) electrons. The zero-order valence-corrected chi connectivity index (χ0v) is 8.19. The lowest BCUT2D eigenvalue weighted by molar-refractivity contribution is -0.142. The Morgan fingerprint density at radius 3 is 2.93 bits per heavy atom. The van der Waals surface area contributed by atoms with Crippen molar-refractivity contribution in [3.05, 3.63) is 35.4 Å². The topological polar surface area (TPSA) is 38.8 Å². The van der Waals surface area contributed by atoms with E-state index in [1.54, 1.807) is 0 Å². The van der Waals surface area contributed by atoms with Gasteiger partial charge in [-0.05, 0) is 12.5 Å². The van der Waals surface area contributed by atoms with Gasteiger partial charge >= 0.3 is 5.97 Å². The van der Waals surface area contributed by atoms with Crippen LogP contribution in [0.1, 0.15) is 17.2 Å². The molecule has 1 aliphatic rings. The number of hydrogen-bond donors (Lipinski definition) is 0. The molecule has 1 aliphatic heterocycles. The first kappa shape index (κ1) is 9.21. The third kappa shape index (κ3) is 1.63. The molecular formula is C11H12O3. The van der Waals surface area contributed by atoms with Crippen molar-refractivity contribution in [2.45, 2.75) is 19.1 Å². The minimum atomic E-state index is -0.401. The maximum absolute atomic E-state index is 11.1. The minimum absolute atomic E-state index is 0.109. The van der Waals surface area contributed by atoms with Gasteiger partial charge in [-0.3, -0.25) is 0 Å². The second kappa shape index (κ2) is 3.42. The molecular weight excluding hydrogens is 180 g/mol. The van der Waals surface area contributed by atoms with E-state index in [1.165, 1.54) is 12.7 Å². The zero-order valence-electron chi connectivity index (χ0n) is 8.19. The molecule has 1 fully saturated rings. The highest BCUT2D eigenvalue weighted by molar-refractivity contribution is 5.78. The standard InChI is InChI=1S/C11H12O3/c1-7-4-3-5-8(6-7)9-10(14-9)11(12)13-2/h3-6,9-10H,1-2H3/t9-,10+/m1/s1. The maximum atomic E-state index is 11.1. The number of carbonyl (C=O) groups excluding carboxylic acids is 1. The van der Waals surface area contributed by atoms with E-state index >= 15 is 0 Å². The maximum Gasteiger partial charge on any atom is 0.338 e. The van der Waals surface area contributed by atoms with Crippen LogP contribution in [-0.4, -0.2) is 19.2 Å². The van der Waals surface area contributed by atoms with Gasteiger partial charge in [0.2, 0.25) is 0 Å². The van der Waals surface area contributed by atoms with Crippen LogP contribution >= 0.6 is 0 Å². The molecule has 0 N–H and O–H groups in total. The van der Waals surface area contributed by atoms with Crippen LogP contribution in [0.4, 0.5) is 0 Å². The summed E-state index contributed by atoms with van der Waals surface area (Å²) in [5.41, 5.74) is 2.21. The Labute approximate surface area is 82.6 Å². The number of carbonyl (C=O) groups is 1. The van der Waals surface area contributed by atoms with Crippen molar-refractivity contribution >= 4 is 5.97 Å². The summed E-state index contributed by atoms with van der Waals surface area (Å²) >= 11 is 0. The largest absolute Gasteiger partial charge is 0.467 e. The molecule has 0 spiro atoms. The average molecular weight is 192 g/mol. The van der Waals surface area contributed by atoms with Gasteiger partial charge in [0.25, 0.3) is 0 Å². The highest BCUT2D eigenvalue weighted by Crippen LogP contribution is 2.39. The quantitative estimate of drug-likeness (QED) is 0.527.